The van der Waals surface area contributed by atoms with E-state index in [0.717, 1.165) is 18.4 Å². The van der Waals surface area contributed by atoms with E-state index in [0.29, 0.717) is 30.0 Å². The fraction of sp³-hybridized carbons (Fsp3) is 0.318. The van der Waals surface area contributed by atoms with Crippen LogP contribution in [0.5, 0.6) is 11.5 Å². The summed E-state index contributed by atoms with van der Waals surface area (Å²) in [6.45, 7) is 1.25. The number of fused-ring (bicyclic) bond motifs is 1. The molecule has 0 bridgehead atoms. The maximum Gasteiger partial charge on any atom is 0.149 e. The Kier molecular flexibility index (Phi) is 3.67. The normalized spacial score (nSPS) is 22.8. The van der Waals surface area contributed by atoms with Gasteiger partial charge in [0.25, 0.3) is 0 Å². The van der Waals surface area contributed by atoms with Crippen LogP contribution in [-0.4, -0.2) is 20.1 Å². The van der Waals surface area contributed by atoms with Crippen LogP contribution in [0.25, 0.3) is 5.83 Å². The largest absolute Gasteiger partial charge is 0.496 e. The van der Waals surface area contributed by atoms with E-state index in [1.54, 1.807) is 12.1 Å². The third-order valence-corrected chi connectivity index (χ3v) is 5.12. The van der Waals surface area contributed by atoms with E-state index >= 15 is 4.39 Å². The van der Waals surface area contributed by atoms with Crippen LogP contribution in [0.1, 0.15) is 51.2 Å². The van der Waals surface area contributed by atoms with Gasteiger partial charge in [0.15, 0.2) is 0 Å². The molecule has 0 aromatic heterocycles. The molecule has 4 rings (SSSR count). The Labute approximate surface area is 163 Å². The van der Waals surface area contributed by atoms with E-state index in [9.17, 15) is 0 Å². The number of nitrogens with one attached hydrogen (secondary N) is 1. The molecule has 2 aromatic rings. The van der Waals surface area contributed by atoms with Gasteiger partial charge in [-0.2, -0.15) is 5.26 Å². The molecular formula is C22H21FN2O2. The van der Waals surface area contributed by atoms with Gasteiger partial charge in [-0.25, -0.2) is 4.39 Å². The number of hydrogen-bond donors (Lipinski definition) is 1. The summed E-state index contributed by atoms with van der Waals surface area (Å²) in [5.41, 5.74) is 1.79. The fourth-order valence-electron chi connectivity index (χ4n) is 3.72. The Morgan fingerprint density at radius 1 is 1.30 bits per heavy atom. The third-order valence-electron chi connectivity index (χ3n) is 5.12. The van der Waals surface area contributed by atoms with Gasteiger partial charge < -0.3 is 14.8 Å². The highest BCUT2D eigenvalue weighted by Gasteiger charge is 2.29. The first-order valence-corrected chi connectivity index (χ1v) is 8.89. The van der Waals surface area contributed by atoms with Gasteiger partial charge >= 0.3 is 0 Å². The van der Waals surface area contributed by atoms with Gasteiger partial charge in [0.2, 0.25) is 0 Å². The molecule has 0 saturated carbocycles. The second-order valence-electron chi connectivity index (χ2n) is 6.69. The molecule has 1 unspecified atom stereocenters. The number of nitrogens with zero attached hydrogens (tertiary/aromatic N) is 1. The van der Waals surface area contributed by atoms with E-state index in [4.69, 9.17) is 20.3 Å². The summed E-state index contributed by atoms with van der Waals surface area (Å²) >= 11 is 0. The Bertz CT molecular complexity index is 1060. The topological polar surface area (TPSA) is 54.3 Å². The summed E-state index contributed by atoms with van der Waals surface area (Å²) in [7, 11) is -2.73. The highest BCUT2D eigenvalue weighted by molar-refractivity contribution is 5.70. The van der Waals surface area contributed by atoms with Crippen LogP contribution in [0.3, 0.4) is 0 Å². The van der Waals surface area contributed by atoms with Crippen molar-refractivity contribution >= 4 is 5.83 Å². The average Bonchev–Trinajstić information content (AvgIpc) is 2.73. The molecule has 4 nitrogen and oxygen atoms in total. The lowest BCUT2D eigenvalue weighted by molar-refractivity contribution is 0.236. The van der Waals surface area contributed by atoms with Crippen LogP contribution >= 0.6 is 0 Å². The molecule has 2 aromatic carbocycles. The van der Waals surface area contributed by atoms with E-state index < -0.39 is 19.0 Å². The van der Waals surface area contributed by atoms with Crippen LogP contribution in [0.2, 0.25) is 1.41 Å². The minimum atomic E-state index is -2.73. The van der Waals surface area contributed by atoms with Crippen molar-refractivity contribution in [1.82, 2.24) is 5.31 Å². The number of hydrogen-bond acceptors (Lipinski definition) is 4. The highest BCUT2D eigenvalue weighted by atomic mass is 19.1. The smallest absolute Gasteiger partial charge is 0.149 e. The monoisotopic (exact) mass is 368 g/mol. The van der Waals surface area contributed by atoms with Crippen molar-refractivity contribution in [3.63, 3.8) is 0 Å². The number of benzene rings is 2. The molecule has 0 aliphatic carbocycles. The van der Waals surface area contributed by atoms with E-state index in [2.05, 4.69) is 0 Å². The number of halogens is 1. The molecule has 0 amide bonds. The number of para-hydroxylation sites is 1. The van der Waals surface area contributed by atoms with Gasteiger partial charge in [0, 0.05) is 5.56 Å². The summed E-state index contributed by atoms with van der Waals surface area (Å²) in [5, 5.41) is 10.7. The Balaban J connectivity index is 1.73. The number of rotatable bonds is 3. The molecule has 1 saturated heterocycles. The Morgan fingerprint density at radius 3 is 2.93 bits per heavy atom. The summed E-state index contributed by atoms with van der Waals surface area (Å²) in [5.74, 6) is 0.0639. The van der Waals surface area contributed by atoms with E-state index in [1.807, 2.05) is 12.1 Å². The van der Waals surface area contributed by atoms with Crippen molar-refractivity contribution in [2.24, 2.45) is 0 Å². The first-order chi connectivity index (χ1) is 14.7. The molecule has 1 fully saturated rings. The molecule has 27 heavy (non-hydrogen) atoms. The molecule has 0 spiro atoms. The first-order valence-electron chi connectivity index (χ1n) is 10.8. The Hall–Kier alpha value is -2.84. The molecule has 2 aliphatic rings. The lowest BCUT2D eigenvalue weighted by atomic mass is 9.87. The molecule has 2 heterocycles. The molecular weight excluding hydrogens is 343 g/mol. The zero-order chi connectivity index (χ0) is 22.2. The summed E-state index contributed by atoms with van der Waals surface area (Å²) in [4.78, 5) is 0. The molecule has 138 valence electrons. The predicted octanol–water partition coefficient (Wildman–Crippen LogP) is 4.48. The summed E-state index contributed by atoms with van der Waals surface area (Å²) in [6, 6.07) is 11.7. The second kappa shape index (κ2) is 7.42. The van der Waals surface area contributed by atoms with Crippen LogP contribution in [0.15, 0.2) is 42.5 Å². The lowest BCUT2D eigenvalue weighted by Gasteiger charge is -2.30. The van der Waals surface area contributed by atoms with E-state index in [1.165, 1.54) is 29.6 Å². The second-order valence-corrected chi connectivity index (χ2v) is 6.69. The van der Waals surface area contributed by atoms with Gasteiger partial charge in [-0.1, -0.05) is 12.1 Å². The molecule has 5 heteroatoms. The minimum absolute atomic E-state index is 0.0449. The maximum absolute atomic E-state index is 15.1. The molecule has 2 aliphatic heterocycles. The van der Waals surface area contributed by atoms with Crippen molar-refractivity contribution < 1.29 is 19.4 Å². The van der Waals surface area contributed by atoms with Crippen molar-refractivity contribution in [2.45, 2.75) is 24.9 Å². The van der Waals surface area contributed by atoms with Crippen LogP contribution in [-0.2, 0) is 0 Å². The predicted molar refractivity (Wildman–Crippen MR) is 101 cm³/mol. The SMILES string of the molecule is [2H]N1CCC(c2cccc3c2OC(c2ccc(C#N)cc2OC([2H])([2H])[2H])C=C3F)CC1. The summed E-state index contributed by atoms with van der Waals surface area (Å²) < 4.78 is 56.4. The molecule has 1 atom stereocenters. The van der Waals surface area contributed by atoms with Crippen LogP contribution in [0, 0.1) is 11.3 Å². The van der Waals surface area contributed by atoms with E-state index in [-0.39, 0.29) is 17.2 Å². The molecule has 1 N–H and O–H groups in total. The zero-order valence-electron chi connectivity index (χ0n) is 18.6. The van der Waals surface area contributed by atoms with Crippen LogP contribution < -0.4 is 14.8 Å². The van der Waals surface area contributed by atoms with Gasteiger partial charge in [-0.3, -0.25) is 0 Å². The lowest BCUT2D eigenvalue weighted by Crippen LogP contribution is -2.27. The minimum Gasteiger partial charge on any atom is -0.496 e. The number of methoxy groups -OCH3 is 1. The van der Waals surface area contributed by atoms with Gasteiger partial charge in [0.1, 0.15) is 24.8 Å². The fourth-order valence-corrected chi connectivity index (χ4v) is 3.72. The molecule has 0 radical (unpaired) electrons. The van der Waals surface area contributed by atoms with Crippen LogP contribution in [0.4, 0.5) is 4.39 Å². The summed E-state index contributed by atoms with van der Waals surface area (Å²) in [6.07, 6.45) is 1.91. The van der Waals surface area contributed by atoms with Crippen molar-refractivity contribution in [3.8, 4) is 17.6 Å². The average molecular weight is 368 g/mol. The third kappa shape index (κ3) is 3.29. The van der Waals surface area contributed by atoms with Crippen molar-refractivity contribution in [2.75, 3.05) is 20.1 Å². The number of piperidine rings is 1. The Morgan fingerprint density at radius 2 is 2.15 bits per heavy atom. The quantitative estimate of drug-likeness (QED) is 0.868. The number of ether oxygens (including phenoxy) is 2. The first kappa shape index (κ1) is 13.3. The van der Waals surface area contributed by atoms with Crippen molar-refractivity contribution in [3.05, 3.63) is 64.7 Å². The van der Waals surface area contributed by atoms with Gasteiger partial charge in [-0.15, -0.1) is 0 Å². The maximum atomic E-state index is 15.1. The standard InChI is InChI=1S/C22H21FN2O2/c1-26-20-11-14(13-24)5-6-18(20)21-12-19(23)17-4-2-3-16(22(17)27-21)15-7-9-25-10-8-15/h2-6,11-12,15,21,25H,7-10H2,1H3/i1D3/hD. The zero-order valence-corrected chi connectivity index (χ0v) is 14.6. The highest BCUT2D eigenvalue weighted by Crippen LogP contribution is 2.45. The van der Waals surface area contributed by atoms with Crippen molar-refractivity contribution in [1.29, 1.82) is 5.26 Å². The van der Waals surface area contributed by atoms with Gasteiger partial charge in [-0.05, 0) is 67.8 Å². The number of nitriles is 1. The van der Waals surface area contributed by atoms with Gasteiger partial charge in [0.05, 0.1) is 28.3 Å².